The zero-order valence-corrected chi connectivity index (χ0v) is 12.6. The number of aliphatic hydroxyl groups excluding tert-OH is 1. The van der Waals surface area contributed by atoms with Gasteiger partial charge in [-0.2, -0.15) is 0 Å². The molecule has 1 atom stereocenters. The summed E-state index contributed by atoms with van der Waals surface area (Å²) in [6, 6.07) is 12.2. The Bertz CT molecular complexity index is 602. The lowest BCUT2D eigenvalue weighted by molar-refractivity contribution is 0.174. The first kappa shape index (κ1) is 14.6. The summed E-state index contributed by atoms with van der Waals surface area (Å²) in [6.45, 7) is 6.21. The second kappa shape index (κ2) is 6.10. The minimum Gasteiger partial charge on any atom is -0.496 e. The van der Waals surface area contributed by atoms with Crippen molar-refractivity contribution in [3.05, 3.63) is 64.2 Å². The molecule has 0 saturated heterocycles. The Balaban J connectivity index is 2.23. The highest BCUT2D eigenvalue weighted by Gasteiger charge is 2.14. The third-order valence-electron chi connectivity index (χ3n) is 3.75. The lowest BCUT2D eigenvalue weighted by Crippen LogP contribution is -2.04. The zero-order chi connectivity index (χ0) is 14.7. The summed E-state index contributed by atoms with van der Waals surface area (Å²) in [6.07, 6.45) is 0.0493. The van der Waals surface area contributed by atoms with Crippen LogP contribution in [0.15, 0.2) is 36.4 Å². The molecular weight excluding hydrogens is 248 g/mol. The van der Waals surface area contributed by atoms with Gasteiger partial charge in [-0.15, -0.1) is 0 Å². The number of hydrogen-bond donors (Lipinski definition) is 1. The molecule has 0 fully saturated rings. The van der Waals surface area contributed by atoms with Crippen LogP contribution < -0.4 is 4.74 Å². The van der Waals surface area contributed by atoms with Crippen LogP contribution in [0.3, 0.4) is 0 Å². The van der Waals surface area contributed by atoms with Crippen LogP contribution in [-0.2, 0) is 6.42 Å². The molecule has 0 heterocycles. The molecule has 0 aliphatic rings. The van der Waals surface area contributed by atoms with Gasteiger partial charge < -0.3 is 9.84 Å². The van der Waals surface area contributed by atoms with Crippen LogP contribution in [0.2, 0.25) is 0 Å². The number of benzene rings is 2. The maximum Gasteiger partial charge on any atom is 0.124 e. The van der Waals surface area contributed by atoms with E-state index >= 15 is 0 Å². The highest BCUT2D eigenvalue weighted by Crippen LogP contribution is 2.28. The quantitative estimate of drug-likeness (QED) is 0.913. The van der Waals surface area contributed by atoms with Gasteiger partial charge in [-0.3, -0.25) is 0 Å². The van der Waals surface area contributed by atoms with Crippen molar-refractivity contribution in [3.8, 4) is 5.75 Å². The molecule has 2 aromatic carbocycles. The van der Waals surface area contributed by atoms with Crippen molar-refractivity contribution in [2.75, 3.05) is 7.11 Å². The number of hydrogen-bond acceptors (Lipinski definition) is 2. The molecule has 1 unspecified atom stereocenters. The van der Waals surface area contributed by atoms with Crippen molar-refractivity contribution in [2.45, 2.75) is 33.3 Å². The number of aryl methyl sites for hydroxylation is 3. The van der Waals surface area contributed by atoms with Crippen molar-refractivity contribution >= 4 is 0 Å². The Hall–Kier alpha value is -1.80. The van der Waals surface area contributed by atoms with Gasteiger partial charge in [0.2, 0.25) is 0 Å². The predicted octanol–water partition coefficient (Wildman–Crippen LogP) is 3.90. The molecule has 0 aliphatic heterocycles. The van der Waals surface area contributed by atoms with Crippen LogP contribution in [0.4, 0.5) is 0 Å². The van der Waals surface area contributed by atoms with Crippen LogP contribution in [-0.4, -0.2) is 12.2 Å². The molecule has 20 heavy (non-hydrogen) atoms. The maximum absolute atomic E-state index is 10.5. The van der Waals surface area contributed by atoms with Gasteiger partial charge in [0.1, 0.15) is 5.75 Å². The molecule has 2 aromatic rings. The molecule has 106 valence electrons. The van der Waals surface area contributed by atoms with Gasteiger partial charge in [-0.05, 0) is 49.1 Å². The maximum atomic E-state index is 10.5. The van der Waals surface area contributed by atoms with Gasteiger partial charge in [-0.25, -0.2) is 0 Å². The summed E-state index contributed by atoms with van der Waals surface area (Å²) in [5.74, 6) is 0.751. The SMILES string of the molecule is COc1cc(C)ccc1C(O)Cc1ccc(C)c(C)c1. The first-order valence-electron chi connectivity index (χ1n) is 6.90. The monoisotopic (exact) mass is 270 g/mol. The second-order valence-electron chi connectivity index (χ2n) is 5.38. The van der Waals surface area contributed by atoms with Crippen molar-refractivity contribution < 1.29 is 9.84 Å². The Morgan fingerprint density at radius 3 is 2.40 bits per heavy atom. The van der Waals surface area contributed by atoms with E-state index in [1.165, 1.54) is 11.1 Å². The highest BCUT2D eigenvalue weighted by molar-refractivity contribution is 5.40. The molecule has 0 saturated carbocycles. The fourth-order valence-electron chi connectivity index (χ4n) is 2.36. The second-order valence-corrected chi connectivity index (χ2v) is 5.38. The Morgan fingerprint density at radius 1 is 1.00 bits per heavy atom. The number of rotatable bonds is 4. The molecule has 0 radical (unpaired) electrons. The summed E-state index contributed by atoms with van der Waals surface area (Å²) in [4.78, 5) is 0. The molecular formula is C18H22O2. The Morgan fingerprint density at radius 2 is 1.75 bits per heavy atom. The topological polar surface area (TPSA) is 29.5 Å². The zero-order valence-electron chi connectivity index (χ0n) is 12.6. The first-order chi connectivity index (χ1) is 9.51. The average molecular weight is 270 g/mol. The van der Waals surface area contributed by atoms with E-state index in [-0.39, 0.29) is 0 Å². The van der Waals surface area contributed by atoms with E-state index < -0.39 is 6.10 Å². The number of ether oxygens (including phenoxy) is 1. The summed E-state index contributed by atoms with van der Waals surface area (Å²) in [5.41, 5.74) is 5.64. The molecule has 0 aliphatic carbocycles. The van der Waals surface area contributed by atoms with Crippen molar-refractivity contribution in [2.24, 2.45) is 0 Å². The normalized spacial score (nSPS) is 12.2. The van der Waals surface area contributed by atoms with Crippen LogP contribution in [0.1, 0.15) is 33.9 Å². The van der Waals surface area contributed by atoms with Crippen LogP contribution >= 0.6 is 0 Å². The number of methoxy groups -OCH3 is 1. The number of aliphatic hydroxyl groups is 1. The van der Waals surface area contributed by atoms with E-state index in [0.717, 1.165) is 22.4 Å². The molecule has 1 N–H and O–H groups in total. The van der Waals surface area contributed by atoms with Gasteiger partial charge in [0.15, 0.2) is 0 Å². The van der Waals surface area contributed by atoms with E-state index in [1.807, 2.05) is 25.1 Å². The fraction of sp³-hybridized carbons (Fsp3) is 0.333. The van der Waals surface area contributed by atoms with Gasteiger partial charge in [-0.1, -0.05) is 30.3 Å². The van der Waals surface area contributed by atoms with E-state index in [2.05, 4.69) is 32.0 Å². The molecule has 2 heteroatoms. The lowest BCUT2D eigenvalue weighted by atomic mass is 9.97. The van der Waals surface area contributed by atoms with Crippen LogP contribution in [0.5, 0.6) is 5.75 Å². The first-order valence-corrected chi connectivity index (χ1v) is 6.90. The molecule has 0 bridgehead atoms. The van der Waals surface area contributed by atoms with E-state index in [4.69, 9.17) is 4.74 Å². The molecule has 2 nitrogen and oxygen atoms in total. The summed E-state index contributed by atoms with van der Waals surface area (Å²) >= 11 is 0. The fourth-order valence-corrected chi connectivity index (χ4v) is 2.36. The largest absolute Gasteiger partial charge is 0.496 e. The van der Waals surface area contributed by atoms with Gasteiger partial charge in [0, 0.05) is 12.0 Å². The van der Waals surface area contributed by atoms with Crippen LogP contribution in [0, 0.1) is 20.8 Å². The van der Waals surface area contributed by atoms with Crippen LogP contribution in [0.25, 0.3) is 0 Å². The molecule has 0 aromatic heterocycles. The van der Waals surface area contributed by atoms with Gasteiger partial charge in [0.05, 0.1) is 13.2 Å². The van der Waals surface area contributed by atoms with Crippen molar-refractivity contribution in [1.82, 2.24) is 0 Å². The summed E-state index contributed by atoms with van der Waals surface area (Å²) < 4.78 is 5.37. The minimum absolute atomic E-state index is 0.548. The summed E-state index contributed by atoms with van der Waals surface area (Å²) in [7, 11) is 1.64. The van der Waals surface area contributed by atoms with Gasteiger partial charge >= 0.3 is 0 Å². The van der Waals surface area contributed by atoms with Crippen molar-refractivity contribution in [1.29, 1.82) is 0 Å². The average Bonchev–Trinajstić information content (AvgIpc) is 2.42. The lowest BCUT2D eigenvalue weighted by Gasteiger charge is -2.16. The minimum atomic E-state index is -0.548. The highest BCUT2D eigenvalue weighted by atomic mass is 16.5. The molecule has 0 amide bonds. The standard InChI is InChI=1S/C18H22O2/c1-12-5-8-16(18(9-12)20-4)17(19)11-15-7-6-13(2)14(3)10-15/h5-10,17,19H,11H2,1-4H3. The molecule has 2 rings (SSSR count). The third-order valence-corrected chi connectivity index (χ3v) is 3.75. The Kier molecular flexibility index (Phi) is 4.46. The smallest absolute Gasteiger partial charge is 0.124 e. The van der Waals surface area contributed by atoms with Gasteiger partial charge in [0.25, 0.3) is 0 Å². The van der Waals surface area contributed by atoms with E-state index in [0.29, 0.717) is 6.42 Å². The van der Waals surface area contributed by atoms with Crippen molar-refractivity contribution in [3.63, 3.8) is 0 Å². The third kappa shape index (κ3) is 3.20. The summed E-state index contributed by atoms with van der Waals surface area (Å²) in [5, 5.41) is 10.5. The Labute approximate surface area is 121 Å². The van der Waals surface area contributed by atoms with E-state index in [1.54, 1.807) is 7.11 Å². The molecule has 0 spiro atoms. The van der Waals surface area contributed by atoms with E-state index in [9.17, 15) is 5.11 Å². The predicted molar refractivity (Wildman–Crippen MR) is 82.3 cm³/mol.